The minimum Gasteiger partial charge on any atom is -0.443 e. The third-order valence-electron chi connectivity index (χ3n) is 3.63. The van der Waals surface area contributed by atoms with Crippen LogP contribution in [0.3, 0.4) is 0 Å². The summed E-state index contributed by atoms with van der Waals surface area (Å²) in [4.78, 5) is 36.5. The first-order chi connectivity index (χ1) is 9.09. The molecule has 19 heavy (non-hydrogen) atoms. The molecule has 0 unspecified atom stereocenters. The van der Waals surface area contributed by atoms with Crippen LogP contribution in [0.4, 0.5) is 0 Å². The zero-order valence-electron chi connectivity index (χ0n) is 10.5. The fraction of sp³-hybridized carbons (Fsp3) is 0.357. The van der Waals surface area contributed by atoms with Gasteiger partial charge in [-0.05, 0) is 24.5 Å². The number of carbonyl (C=O) groups excluding carboxylic acids is 3. The second kappa shape index (κ2) is 4.19. The predicted molar refractivity (Wildman–Crippen MR) is 65.2 cm³/mol. The lowest BCUT2D eigenvalue weighted by Gasteiger charge is -2.13. The molecule has 1 heterocycles. The van der Waals surface area contributed by atoms with E-state index in [1.165, 1.54) is 0 Å². The molecule has 1 aliphatic heterocycles. The summed E-state index contributed by atoms with van der Waals surface area (Å²) in [5.74, 6) is -0.872. The van der Waals surface area contributed by atoms with Gasteiger partial charge in [0.15, 0.2) is 6.73 Å². The number of ether oxygens (including phenoxy) is 1. The fourth-order valence-electron chi connectivity index (χ4n) is 2.24. The normalized spacial score (nSPS) is 24.4. The molecule has 1 aromatic rings. The van der Waals surface area contributed by atoms with Gasteiger partial charge in [0.05, 0.1) is 17.0 Å². The number of rotatable bonds is 3. The van der Waals surface area contributed by atoms with Crippen LogP contribution >= 0.6 is 0 Å². The monoisotopic (exact) mass is 259 g/mol. The number of nitrogens with zero attached hydrogens (tertiary/aromatic N) is 1. The van der Waals surface area contributed by atoms with Crippen molar-refractivity contribution < 1.29 is 19.1 Å². The third-order valence-corrected chi connectivity index (χ3v) is 3.63. The largest absolute Gasteiger partial charge is 0.443 e. The molecule has 0 N–H and O–H groups in total. The lowest BCUT2D eigenvalue weighted by molar-refractivity contribution is -0.148. The van der Waals surface area contributed by atoms with Crippen LogP contribution in [0.1, 0.15) is 34.1 Å². The van der Waals surface area contributed by atoms with Crippen molar-refractivity contribution in [2.75, 3.05) is 6.73 Å². The van der Waals surface area contributed by atoms with E-state index in [-0.39, 0.29) is 18.6 Å². The Morgan fingerprint density at radius 2 is 1.79 bits per heavy atom. The molecule has 0 bridgehead atoms. The molecule has 0 spiro atoms. The Kier molecular flexibility index (Phi) is 2.62. The fourth-order valence-corrected chi connectivity index (χ4v) is 2.24. The van der Waals surface area contributed by atoms with Crippen LogP contribution in [0.5, 0.6) is 0 Å². The van der Waals surface area contributed by atoms with E-state index in [4.69, 9.17) is 4.74 Å². The van der Waals surface area contributed by atoms with Gasteiger partial charge in [0.1, 0.15) is 0 Å². The zero-order valence-corrected chi connectivity index (χ0v) is 10.5. The van der Waals surface area contributed by atoms with Crippen LogP contribution in [0, 0.1) is 11.8 Å². The van der Waals surface area contributed by atoms with E-state index in [0.29, 0.717) is 17.0 Å². The summed E-state index contributed by atoms with van der Waals surface area (Å²) in [7, 11) is 0. The highest BCUT2D eigenvalue weighted by atomic mass is 16.5. The summed E-state index contributed by atoms with van der Waals surface area (Å²) >= 11 is 0. The number of imide groups is 1. The van der Waals surface area contributed by atoms with Crippen molar-refractivity contribution in [3.63, 3.8) is 0 Å². The molecule has 0 aromatic heterocycles. The van der Waals surface area contributed by atoms with Crippen LogP contribution in [-0.2, 0) is 9.53 Å². The number of benzene rings is 1. The van der Waals surface area contributed by atoms with Gasteiger partial charge in [0.25, 0.3) is 11.8 Å². The van der Waals surface area contributed by atoms with Crippen molar-refractivity contribution in [2.45, 2.75) is 13.3 Å². The molecule has 1 saturated carbocycles. The van der Waals surface area contributed by atoms with Crippen molar-refractivity contribution in [1.82, 2.24) is 4.90 Å². The summed E-state index contributed by atoms with van der Waals surface area (Å²) in [6.07, 6.45) is 0.820. The smallest absolute Gasteiger partial charge is 0.310 e. The first-order valence-corrected chi connectivity index (χ1v) is 6.21. The van der Waals surface area contributed by atoms with Gasteiger partial charge >= 0.3 is 5.97 Å². The summed E-state index contributed by atoms with van der Waals surface area (Å²) in [5, 5.41) is 0. The van der Waals surface area contributed by atoms with Gasteiger partial charge in [-0.15, -0.1) is 0 Å². The maximum Gasteiger partial charge on any atom is 0.310 e. The Bertz CT molecular complexity index is 546. The van der Waals surface area contributed by atoms with E-state index >= 15 is 0 Å². The summed E-state index contributed by atoms with van der Waals surface area (Å²) in [5.41, 5.74) is 0.728. The molecule has 0 radical (unpaired) electrons. The average molecular weight is 259 g/mol. The Labute approximate surface area is 110 Å². The lowest BCUT2D eigenvalue weighted by Crippen LogP contribution is -2.33. The number of hydrogen-bond acceptors (Lipinski definition) is 4. The standard InChI is InChI=1S/C14H13NO4/c1-8-6-11(8)14(18)19-7-15-12(16)9-4-2-3-5-10(9)13(15)17/h2-5,8,11H,6-7H2,1H3/t8-,11+/m1/s1. The van der Waals surface area contributed by atoms with Crippen LogP contribution in [0.2, 0.25) is 0 Å². The molecule has 1 fully saturated rings. The van der Waals surface area contributed by atoms with Crippen molar-refractivity contribution in [1.29, 1.82) is 0 Å². The molecule has 1 aromatic carbocycles. The highest BCUT2D eigenvalue weighted by molar-refractivity contribution is 6.21. The van der Waals surface area contributed by atoms with Crippen LogP contribution in [0.25, 0.3) is 0 Å². The molecular formula is C14H13NO4. The number of amides is 2. The van der Waals surface area contributed by atoms with Crippen molar-refractivity contribution in [2.24, 2.45) is 11.8 Å². The number of hydrogen-bond donors (Lipinski definition) is 0. The van der Waals surface area contributed by atoms with E-state index in [0.717, 1.165) is 11.3 Å². The predicted octanol–water partition coefficient (Wildman–Crippen LogP) is 1.44. The van der Waals surface area contributed by atoms with Crippen LogP contribution < -0.4 is 0 Å². The van der Waals surface area contributed by atoms with Crippen LogP contribution in [0.15, 0.2) is 24.3 Å². The van der Waals surface area contributed by atoms with Crippen molar-refractivity contribution >= 4 is 17.8 Å². The van der Waals surface area contributed by atoms with Crippen molar-refractivity contribution in [3.8, 4) is 0 Å². The first-order valence-electron chi connectivity index (χ1n) is 6.21. The van der Waals surface area contributed by atoms with Gasteiger partial charge in [-0.25, -0.2) is 4.90 Å². The van der Waals surface area contributed by atoms with Crippen molar-refractivity contribution in [3.05, 3.63) is 35.4 Å². The van der Waals surface area contributed by atoms with Gasteiger partial charge in [0.2, 0.25) is 0 Å². The van der Waals surface area contributed by atoms with Crippen LogP contribution in [-0.4, -0.2) is 29.4 Å². The molecule has 5 nitrogen and oxygen atoms in total. The molecule has 2 amide bonds. The van der Waals surface area contributed by atoms with Gasteiger partial charge in [-0.2, -0.15) is 0 Å². The van der Waals surface area contributed by atoms with Gasteiger partial charge in [0, 0.05) is 0 Å². The lowest BCUT2D eigenvalue weighted by atomic mass is 10.1. The van der Waals surface area contributed by atoms with E-state index in [1.54, 1.807) is 24.3 Å². The molecule has 5 heteroatoms. The second-order valence-electron chi connectivity index (χ2n) is 5.00. The minimum atomic E-state index is -0.405. The highest BCUT2D eigenvalue weighted by Crippen LogP contribution is 2.38. The molecular weight excluding hydrogens is 246 g/mol. The molecule has 2 aliphatic rings. The molecule has 1 aliphatic carbocycles. The Hall–Kier alpha value is -2.17. The minimum absolute atomic E-state index is 0.0739. The maximum absolute atomic E-state index is 12.0. The van der Waals surface area contributed by atoms with E-state index in [2.05, 4.69) is 0 Å². The first kappa shape index (κ1) is 11.9. The third kappa shape index (κ3) is 1.91. The quantitative estimate of drug-likeness (QED) is 0.608. The number of carbonyl (C=O) groups is 3. The Balaban J connectivity index is 1.69. The average Bonchev–Trinajstić information content (AvgIpc) is 3.09. The summed E-state index contributed by atoms with van der Waals surface area (Å²) < 4.78 is 5.04. The summed E-state index contributed by atoms with van der Waals surface area (Å²) in [6, 6.07) is 6.59. The van der Waals surface area contributed by atoms with E-state index in [1.807, 2.05) is 6.92 Å². The Morgan fingerprint density at radius 1 is 1.26 bits per heavy atom. The number of esters is 1. The second-order valence-corrected chi connectivity index (χ2v) is 5.00. The topological polar surface area (TPSA) is 63.7 Å². The van der Waals surface area contributed by atoms with Gasteiger partial charge < -0.3 is 4.74 Å². The Morgan fingerprint density at radius 3 is 2.26 bits per heavy atom. The SMILES string of the molecule is C[C@@H]1C[C@@H]1C(=O)OCN1C(=O)c2ccccc2C1=O. The van der Waals surface area contributed by atoms with E-state index in [9.17, 15) is 14.4 Å². The molecule has 2 atom stereocenters. The number of fused-ring (bicyclic) bond motifs is 1. The van der Waals surface area contributed by atoms with Gasteiger partial charge in [-0.1, -0.05) is 19.1 Å². The highest BCUT2D eigenvalue weighted by Gasteiger charge is 2.42. The van der Waals surface area contributed by atoms with Gasteiger partial charge in [-0.3, -0.25) is 14.4 Å². The summed E-state index contributed by atoms with van der Waals surface area (Å²) in [6.45, 7) is 1.67. The zero-order chi connectivity index (χ0) is 13.6. The van der Waals surface area contributed by atoms with E-state index < -0.39 is 11.8 Å². The maximum atomic E-state index is 12.0. The molecule has 3 rings (SSSR count). The molecule has 98 valence electrons. The molecule has 0 saturated heterocycles.